The van der Waals surface area contributed by atoms with Crippen LogP contribution in [0.5, 0.6) is 0 Å². The molecule has 0 saturated carbocycles. The van der Waals surface area contributed by atoms with Crippen molar-refractivity contribution in [3.05, 3.63) is 12.1 Å². The van der Waals surface area contributed by atoms with Crippen LogP contribution in [-0.2, 0) is 4.79 Å². The van der Waals surface area contributed by atoms with Gasteiger partial charge in [-0.15, -0.1) is 37.9 Å². The van der Waals surface area contributed by atoms with Crippen LogP contribution in [0.25, 0.3) is 0 Å². The van der Waals surface area contributed by atoms with Gasteiger partial charge >= 0.3 is 0 Å². The summed E-state index contributed by atoms with van der Waals surface area (Å²) in [6.45, 7) is 1.44. The second-order valence-corrected chi connectivity index (χ2v) is 3.89. The SMILES string of the molecule is CC(=O)Nc1ccc(S)c(S)c1S. The van der Waals surface area contributed by atoms with E-state index >= 15 is 0 Å². The molecule has 0 aliphatic rings. The Morgan fingerprint density at radius 1 is 1.23 bits per heavy atom. The van der Waals surface area contributed by atoms with Crippen molar-refractivity contribution < 1.29 is 4.79 Å². The Balaban J connectivity index is 3.10. The molecule has 1 aromatic carbocycles. The van der Waals surface area contributed by atoms with E-state index in [1.807, 2.05) is 0 Å². The van der Waals surface area contributed by atoms with Crippen LogP contribution < -0.4 is 5.32 Å². The highest BCUT2D eigenvalue weighted by Crippen LogP contribution is 2.31. The Hall–Kier alpha value is -0.260. The molecule has 0 atom stereocenters. The first kappa shape index (κ1) is 10.8. The Morgan fingerprint density at radius 2 is 1.85 bits per heavy atom. The van der Waals surface area contributed by atoms with E-state index in [0.717, 1.165) is 4.90 Å². The molecule has 0 saturated heterocycles. The fourth-order valence-corrected chi connectivity index (χ4v) is 1.58. The highest BCUT2D eigenvalue weighted by Gasteiger charge is 2.06. The third-order valence-corrected chi connectivity index (χ3v) is 3.10. The van der Waals surface area contributed by atoms with Crippen LogP contribution in [0.3, 0.4) is 0 Å². The van der Waals surface area contributed by atoms with E-state index in [1.54, 1.807) is 12.1 Å². The Labute approximate surface area is 93.3 Å². The first-order chi connectivity index (χ1) is 6.02. The molecule has 0 aliphatic heterocycles. The maximum Gasteiger partial charge on any atom is 0.221 e. The van der Waals surface area contributed by atoms with Crippen LogP contribution in [0.2, 0.25) is 0 Å². The quantitative estimate of drug-likeness (QED) is 0.550. The summed E-state index contributed by atoms with van der Waals surface area (Å²) >= 11 is 12.6. The van der Waals surface area contributed by atoms with Gasteiger partial charge in [0.25, 0.3) is 0 Å². The molecule has 1 amide bonds. The van der Waals surface area contributed by atoms with Crippen molar-refractivity contribution in [2.24, 2.45) is 0 Å². The number of rotatable bonds is 1. The molecule has 0 aliphatic carbocycles. The zero-order chi connectivity index (χ0) is 10.0. The molecule has 0 heterocycles. The van der Waals surface area contributed by atoms with Gasteiger partial charge in [-0.2, -0.15) is 0 Å². The van der Waals surface area contributed by atoms with E-state index in [2.05, 4.69) is 43.2 Å². The van der Waals surface area contributed by atoms with Crippen molar-refractivity contribution in [2.75, 3.05) is 5.32 Å². The van der Waals surface area contributed by atoms with Gasteiger partial charge < -0.3 is 5.32 Å². The minimum Gasteiger partial charge on any atom is -0.325 e. The minimum absolute atomic E-state index is 0.130. The summed E-state index contributed by atoms with van der Waals surface area (Å²) in [6.07, 6.45) is 0. The van der Waals surface area contributed by atoms with Gasteiger partial charge in [0, 0.05) is 21.6 Å². The fourth-order valence-electron chi connectivity index (χ4n) is 0.860. The number of nitrogens with one attached hydrogen (secondary N) is 1. The third kappa shape index (κ3) is 2.59. The Kier molecular flexibility index (Phi) is 3.58. The Morgan fingerprint density at radius 3 is 2.38 bits per heavy atom. The predicted molar refractivity (Wildman–Crippen MR) is 62.5 cm³/mol. The van der Waals surface area contributed by atoms with Gasteiger partial charge in [0.1, 0.15) is 0 Å². The molecule has 0 fully saturated rings. The summed E-state index contributed by atoms with van der Waals surface area (Å²) in [5.74, 6) is -0.130. The van der Waals surface area contributed by atoms with E-state index in [0.29, 0.717) is 15.5 Å². The third-order valence-electron chi connectivity index (χ3n) is 1.44. The number of thiol groups is 3. The molecule has 0 radical (unpaired) electrons. The summed E-state index contributed by atoms with van der Waals surface area (Å²) in [5.41, 5.74) is 0.652. The molecular formula is C8H9NOS3. The first-order valence-electron chi connectivity index (χ1n) is 3.54. The number of anilines is 1. The average Bonchev–Trinajstić information content (AvgIpc) is 2.06. The lowest BCUT2D eigenvalue weighted by Crippen LogP contribution is -2.06. The fraction of sp³-hybridized carbons (Fsp3) is 0.125. The van der Waals surface area contributed by atoms with Crippen LogP contribution in [0.4, 0.5) is 5.69 Å². The lowest BCUT2D eigenvalue weighted by molar-refractivity contribution is -0.114. The zero-order valence-electron chi connectivity index (χ0n) is 6.90. The second-order valence-electron chi connectivity index (χ2n) is 2.51. The molecule has 2 nitrogen and oxygen atoms in total. The summed E-state index contributed by atoms with van der Waals surface area (Å²) in [6, 6.07) is 3.50. The normalized spacial score (nSPS) is 9.85. The highest BCUT2D eigenvalue weighted by molar-refractivity contribution is 7.85. The lowest BCUT2D eigenvalue weighted by Gasteiger charge is -2.08. The molecule has 1 aromatic rings. The lowest BCUT2D eigenvalue weighted by atomic mass is 10.3. The van der Waals surface area contributed by atoms with Gasteiger partial charge in [-0.05, 0) is 12.1 Å². The van der Waals surface area contributed by atoms with E-state index in [9.17, 15) is 4.79 Å². The average molecular weight is 231 g/mol. The van der Waals surface area contributed by atoms with Gasteiger partial charge in [-0.3, -0.25) is 4.79 Å². The number of amides is 1. The van der Waals surface area contributed by atoms with E-state index in [4.69, 9.17) is 0 Å². The van der Waals surface area contributed by atoms with Crippen molar-refractivity contribution in [3.63, 3.8) is 0 Å². The monoisotopic (exact) mass is 231 g/mol. The van der Waals surface area contributed by atoms with Gasteiger partial charge in [0.2, 0.25) is 5.91 Å². The summed E-state index contributed by atoms with van der Waals surface area (Å²) in [4.78, 5) is 12.8. The molecule has 0 aromatic heterocycles. The van der Waals surface area contributed by atoms with Crippen molar-refractivity contribution in [1.29, 1.82) is 0 Å². The highest BCUT2D eigenvalue weighted by atomic mass is 32.1. The number of carbonyl (C=O) groups is 1. The number of hydrogen-bond donors (Lipinski definition) is 4. The molecule has 0 spiro atoms. The van der Waals surface area contributed by atoms with Gasteiger partial charge in [0.15, 0.2) is 0 Å². The smallest absolute Gasteiger partial charge is 0.221 e. The summed E-state index contributed by atoms with van der Waals surface area (Å²) < 4.78 is 0. The molecule has 70 valence electrons. The van der Waals surface area contributed by atoms with Crippen LogP contribution >= 0.6 is 37.9 Å². The maximum atomic E-state index is 10.8. The molecule has 5 heteroatoms. The van der Waals surface area contributed by atoms with Gasteiger partial charge in [-0.25, -0.2) is 0 Å². The molecule has 1 rings (SSSR count). The second kappa shape index (κ2) is 4.30. The number of hydrogen-bond acceptors (Lipinski definition) is 4. The van der Waals surface area contributed by atoms with Crippen LogP contribution in [0.1, 0.15) is 6.92 Å². The molecule has 1 N–H and O–H groups in total. The van der Waals surface area contributed by atoms with E-state index < -0.39 is 0 Å². The van der Waals surface area contributed by atoms with E-state index in [1.165, 1.54) is 6.92 Å². The zero-order valence-corrected chi connectivity index (χ0v) is 9.59. The first-order valence-corrected chi connectivity index (χ1v) is 4.88. The number of benzene rings is 1. The van der Waals surface area contributed by atoms with Crippen molar-refractivity contribution >= 4 is 49.5 Å². The molecule has 0 unspecified atom stereocenters. The topological polar surface area (TPSA) is 29.1 Å². The predicted octanol–water partition coefficient (Wildman–Crippen LogP) is 2.51. The standard InChI is InChI=1S/C8H9NOS3/c1-4(10)9-5-2-3-6(11)8(13)7(5)12/h2-3,11-13H,1H3,(H,9,10). The largest absolute Gasteiger partial charge is 0.325 e. The molecular weight excluding hydrogens is 222 g/mol. The van der Waals surface area contributed by atoms with Crippen molar-refractivity contribution in [1.82, 2.24) is 0 Å². The van der Waals surface area contributed by atoms with Crippen molar-refractivity contribution in [3.8, 4) is 0 Å². The maximum absolute atomic E-state index is 10.8. The minimum atomic E-state index is -0.130. The van der Waals surface area contributed by atoms with Crippen molar-refractivity contribution in [2.45, 2.75) is 21.6 Å². The van der Waals surface area contributed by atoms with Crippen LogP contribution in [0, 0.1) is 0 Å². The number of carbonyl (C=O) groups excluding carboxylic acids is 1. The van der Waals surface area contributed by atoms with Gasteiger partial charge in [0.05, 0.1) is 5.69 Å². The van der Waals surface area contributed by atoms with Crippen LogP contribution in [0.15, 0.2) is 26.8 Å². The molecule has 13 heavy (non-hydrogen) atoms. The Bertz CT molecular complexity index is 351. The van der Waals surface area contributed by atoms with Gasteiger partial charge in [-0.1, -0.05) is 0 Å². The molecule has 0 bridgehead atoms. The van der Waals surface area contributed by atoms with Crippen LogP contribution in [-0.4, -0.2) is 5.91 Å². The van der Waals surface area contributed by atoms with E-state index in [-0.39, 0.29) is 5.91 Å². The summed E-state index contributed by atoms with van der Waals surface area (Å²) in [7, 11) is 0. The summed E-state index contributed by atoms with van der Waals surface area (Å²) in [5, 5.41) is 2.64.